The van der Waals surface area contributed by atoms with Crippen molar-refractivity contribution in [1.82, 2.24) is 9.97 Å². The highest BCUT2D eigenvalue weighted by Crippen LogP contribution is 2.33. The van der Waals surface area contributed by atoms with Gasteiger partial charge in [0.2, 0.25) is 11.6 Å². The van der Waals surface area contributed by atoms with Crippen LogP contribution in [0, 0.1) is 10.1 Å². The highest BCUT2D eigenvalue weighted by Gasteiger charge is 2.23. The normalized spacial score (nSPS) is 9.86. The lowest BCUT2D eigenvalue weighted by Crippen LogP contribution is -2.08. The number of ether oxygens (including phenoxy) is 1. The van der Waals surface area contributed by atoms with E-state index in [2.05, 4.69) is 27.2 Å². The largest absolute Gasteiger partial charge is 0.495 e. The van der Waals surface area contributed by atoms with Crippen LogP contribution < -0.4 is 15.4 Å². The molecule has 0 unspecified atom stereocenters. The Bertz CT molecular complexity index is 690. The molecule has 1 heterocycles. The summed E-state index contributed by atoms with van der Waals surface area (Å²) in [5.74, 6) is 0.754. The molecule has 0 saturated carbocycles. The minimum atomic E-state index is -0.539. The smallest absolute Gasteiger partial charge is 0.353 e. The molecule has 0 radical (unpaired) electrons. The van der Waals surface area contributed by atoms with Gasteiger partial charge in [0, 0.05) is 6.54 Å². The molecule has 22 heavy (non-hydrogen) atoms. The molecule has 1 aromatic heterocycles. The Morgan fingerprint density at radius 3 is 2.77 bits per heavy atom. The molecule has 0 amide bonds. The first kappa shape index (κ1) is 15.2. The Labute approximate surface area is 127 Å². The zero-order valence-electron chi connectivity index (χ0n) is 11.9. The number of nitrogens with one attached hydrogen (secondary N) is 2. The molecule has 8 nitrogen and oxygen atoms in total. The lowest BCUT2D eigenvalue weighted by molar-refractivity contribution is -0.383. The summed E-state index contributed by atoms with van der Waals surface area (Å²) in [4.78, 5) is 18.7. The third-order valence-corrected chi connectivity index (χ3v) is 2.78. The van der Waals surface area contributed by atoms with E-state index in [1.807, 2.05) is 0 Å². The van der Waals surface area contributed by atoms with Gasteiger partial charge in [-0.05, 0) is 12.1 Å². The molecule has 114 valence electrons. The number of methoxy groups -OCH3 is 1. The van der Waals surface area contributed by atoms with E-state index >= 15 is 0 Å². The molecular weight excluding hydrogens is 286 g/mol. The number of hydrogen-bond donors (Lipinski definition) is 2. The van der Waals surface area contributed by atoms with Crippen LogP contribution in [0.25, 0.3) is 0 Å². The van der Waals surface area contributed by atoms with Crippen molar-refractivity contribution in [3.8, 4) is 5.75 Å². The van der Waals surface area contributed by atoms with Crippen LogP contribution in [0.2, 0.25) is 0 Å². The first-order valence-electron chi connectivity index (χ1n) is 6.41. The maximum absolute atomic E-state index is 11.3. The third kappa shape index (κ3) is 3.29. The van der Waals surface area contributed by atoms with E-state index in [0.717, 1.165) is 0 Å². The predicted octanol–water partition coefficient (Wildman–Crippen LogP) is 2.73. The van der Waals surface area contributed by atoms with E-state index in [-0.39, 0.29) is 17.3 Å². The number of hydrogen-bond acceptors (Lipinski definition) is 7. The van der Waals surface area contributed by atoms with Crippen molar-refractivity contribution in [2.24, 2.45) is 0 Å². The Kier molecular flexibility index (Phi) is 4.86. The van der Waals surface area contributed by atoms with Gasteiger partial charge in [0.1, 0.15) is 12.1 Å². The summed E-state index contributed by atoms with van der Waals surface area (Å²) < 4.78 is 5.21. The van der Waals surface area contributed by atoms with E-state index in [0.29, 0.717) is 18.0 Å². The summed E-state index contributed by atoms with van der Waals surface area (Å²) in [6, 6.07) is 7.07. The monoisotopic (exact) mass is 301 g/mol. The van der Waals surface area contributed by atoms with Gasteiger partial charge >= 0.3 is 5.69 Å². The molecular formula is C14H15N5O3. The summed E-state index contributed by atoms with van der Waals surface area (Å²) >= 11 is 0. The highest BCUT2D eigenvalue weighted by molar-refractivity contribution is 5.75. The van der Waals surface area contributed by atoms with Gasteiger partial charge in [-0.15, -0.1) is 6.58 Å². The average Bonchev–Trinajstić information content (AvgIpc) is 2.53. The molecule has 0 aliphatic heterocycles. The van der Waals surface area contributed by atoms with Crippen molar-refractivity contribution in [3.05, 3.63) is 53.4 Å². The lowest BCUT2D eigenvalue weighted by atomic mass is 10.3. The molecule has 0 atom stereocenters. The second kappa shape index (κ2) is 7.02. The van der Waals surface area contributed by atoms with Crippen molar-refractivity contribution in [2.75, 3.05) is 24.3 Å². The number of rotatable bonds is 7. The number of anilines is 3. The van der Waals surface area contributed by atoms with Crippen LogP contribution in [-0.4, -0.2) is 28.5 Å². The van der Waals surface area contributed by atoms with Crippen molar-refractivity contribution in [3.63, 3.8) is 0 Å². The number of aromatic nitrogens is 2. The van der Waals surface area contributed by atoms with Crippen LogP contribution in [0.1, 0.15) is 0 Å². The highest BCUT2D eigenvalue weighted by atomic mass is 16.6. The summed E-state index contributed by atoms with van der Waals surface area (Å²) in [5.41, 5.74) is 0.330. The Balaban J connectivity index is 2.42. The van der Waals surface area contributed by atoms with Gasteiger partial charge in [0.15, 0.2) is 0 Å². The van der Waals surface area contributed by atoms with Crippen LogP contribution in [-0.2, 0) is 0 Å². The van der Waals surface area contributed by atoms with Gasteiger partial charge in [-0.3, -0.25) is 10.1 Å². The standard InChI is InChI=1S/C14H15N5O3/c1-3-8-15-13-12(19(20)21)14(17-9-16-13)18-10-6-4-5-7-11(10)22-2/h3-7,9H,1,8H2,2H3,(H2,15,16,17,18). The Morgan fingerprint density at radius 2 is 2.09 bits per heavy atom. The molecule has 0 aliphatic carbocycles. The zero-order valence-corrected chi connectivity index (χ0v) is 11.9. The molecule has 2 aromatic rings. The molecule has 2 rings (SSSR count). The maximum Gasteiger partial charge on any atom is 0.353 e. The molecule has 0 fully saturated rings. The van der Waals surface area contributed by atoms with Crippen LogP contribution in [0.4, 0.5) is 23.0 Å². The first-order chi connectivity index (χ1) is 10.7. The molecule has 1 aromatic carbocycles. The zero-order chi connectivity index (χ0) is 15.9. The van der Waals surface area contributed by atoms with E-state index in [9.17, 15) is 10.1 Å². The minimum Gasteiger partial charge on any atom is -0.495 e. The fourth-order valence-electron chi connectivity index (χ4n) is 1.82. The van der Waals surface area contributed by atoms with Crippen molar-refractivity contribution in [1.29, 1.82) is 0 Å². The molecule has 0 saturated heterocycles. The van der Waals surface area contributed by atoms with Crippen molar-refractivity contribution in [2.45, 2.75) is 0 Å². The predicted molar refractivity (Wildman–Crippen MR) is 83.6 cm³/mol. The topological polar surface area (TPSA) is 102 Å². The minimum absolute atomic E-state index is 0.0797. The van der Waals surface area contributed by atoms with Crippen molar-refractivity contribution < 1.29 is 9.66 Å². The van der Waals surface area contributed by atoms with Crippen LogP contribution in [0.5, 0.6) is 5.75 Å². The molecule has 8 heteroatoms. The number of nitro groups is 1. The number of para-hydroxylation sites is 2. The van der Waals surface area contributed by atoms with E-state index in [1.165, 1.54) is 13.4 Å². The number of nitrogens with zero attached hydrogens (tertiary/aromatic N) is 3. The average molecular weight is 301 g/mol. The van der Waals surface area contributed by atoms with Crippen LogP contribution in [0.15, 0.2) is 43.2 Å². The van der Waals surface area contributed by atoms with E-state index in [4.69, 9.17) is 4.74 Å². The fourth-order valence-corrected chi connectivity index (χ4v) is 1.82. The maximum atomic E-state index is 11.3. The first-order valence-corrected chi connectivity index (χ1v) is 6.41. The van der Waals surface area contributed by atoms with Gasteiger partial charge in [-0.1, -0.05) is 18.2 Å². The van der Waals surface area contributed by atoms with Gasteiger partial charge in [-0.2, -0.15) is 0 Å². The number of benzene rings is 1. The van der Waals surface area contributed by atoms with E-state index < -0.39 is 4.92 Å². The summed E-state index contributed by atoms with van der Waals surface area (Å²) in [6.07, 6.45) is 2.83. The van der Waals surface area contributed by atoms with E-state index in [1.54, 1.807) is 30.3 Å². The quantitative estimate of drug-likeness (QED) is 0.460. The molecule has 2 N–H and O–H groups in total. The van der Waals surface area contributed by atoms with Crippen LogP contribution >= 0.6 is 0 Å². The van der Waals surface area contributed by atoms with Gasteiger partial charge in [-0.25, -0.2) is 9.97 Å². The van der Waals surface area contributed by atoms with Gasteiger partial charge in [0.05, 0.1) is 17.7 Å². The third-order valence-electron chi connectivity index (χ3n) is 2.78. The van der Waals surface area contributed by atoms with Crippen molar-refractivity contribution >= 4 is 23.0 Å². The van der Waals surface area contributed by atoms with Gasteiger partial charge < -0.3 is 15.4 Å². The summed E-state index contributed by atoms with van der Waals surface area (Å²) in [7, 11) is 1.52. The molecule has 0 aliphatic rings. The van der Waals surface area contributed by atoms with Crippen LogP contribution in [0.3, 0.4) is 0 Å². The second-order valence-electron chi connectivity index (χ2n) is 4.17. The SMILES string of the molecule is C=CCNc1ncnc(Nc2ccccc2OC)c1[N+](=O)[O-]. The Morgan fingerprint density at radius 1 is 1.36 bits per heavy atom. The fraction of sp³-hybridized carbons (Fsp3) is 0.143. The second-order valence-corrected chi connectivity index (χ2v) is 4.17. The lowest BCUT2D eigenvalue weighted by Gasteiger charge is -2.11. The van der Waals surface area contributed by atoms with Gasteiger partial charge in [0.25, 0.3) is 0 Å². The summed E-state index contributed by atoms with van der Waals surface area (Å²) in [5, 5.41) is 17.1. The Hall–Kier alpha value is -3.16. The molecule has 0 bridgehead atoms. The molecule has 0 spiro atoms. The summed E-state index contributed by atoms with van der Waals surface area (Å²) in [6.45, 7) is 3.91.